The van der Waals surface area contributed by atoms with Gasteiger partial charge in [-0.25, -0.2) is 22.7 Å². The lowest BCUT2D eigenvalue weighted by Crippen LogP contribution is -2.47. The maximum atomic E-state index is 12.6. The number of carbonyl (C=O) groups is 1. The highest BCUT2D eigenvalue weighted by Crippen LogP contribution is 2.18. The van der Waals surface area contributed by atoms with E-state index < -0.39 is 10.0 Å². The van der Waals surface area contributed by atoms with Crippen LogP contribution in [0.15, 0.2) is 18.2 Å². The molecule has 8 heteroatoms. The van der Waals surface area contributed by atoms with Gasteiger partial charge in [-0.1, -0.05) is 13.3 Å². The number of rotatable bonds is 6. The largest absolute Gasteiger partial charge is 0.349 e. The number of nitrogens with one attached hydrogen (secondary N) is 1. The van der Waals surface area contributed by atoms with Gasteiger partial charge in [0.1, 0.15) is 0 Å². The minimum absolute atomic E-state index is 0.0216. The van der Waals surface area contributed by atoms with Crippen molar-refractivity contribution >= 4 is 27.0 Å². The van der Waals surface area contributed by atoms with Crippen LogP contribution in [0.25, 0.3) is 11.0 Å². The number of benzene rings is 1. The van der Waals surface area contributed by atoms with Crippen LogP contribution in [0.3, 0.4) is 0 Å². The molecule has 0 unspecified atom stereocenters. The van der Waals surface area contributed by atoms with Crippen molar-refractivity contribution in [2.45, 2.75) is 52.5 Å². The Morgan fingerprint density at radius 3 is 2.43 bits per heavy atom. The van der Waals surface area contributed by atoms with Crippen molar-refractivity contribution < 1.29 is 13.2 Å². The number of sulfonamides is 1. The minimum atomic E-state index is -3.18. The number of hydrogen-bond donors (Lipinski definition) is 1. The zero-order valence-corrected chi connectivity index (χ0v) is 17.6. The number of aryl methyl sites for hydroxylation is 2. The van der Waals surface area contributed by atoms with Crippen molar-refractivity contribution in [2.24, 2.45) is 0 Å². The first-order valence-electron chi connectivity index (χ1n) is 9.84. The van der Waals surface area contributed by atoms with Crippen molar-refractivity contribution in [1.29, 1.82) is 0 Å². The monoisotopic (exact) mass is 404 g/mol. The molecule has 3 rings (SSSR count). The van der Waals surface area contributed by atoms with Gasteiger partial charge in [-0.3, -0.25) is 4.79 Å². The van der Waals surface area contributed by atoms with E-state index in [4.69, 9.17) is 0 Å². The quantitative estimate of drug-likeness (QED) is 0.799. The summed E-state index contributed by atoms with van der Waals surface area (Å²) in [5.74, 6) is 0.0478. The standard InChI is InChI=1S/C20H28N4O3S/c1-4-5-12-28(26,27)24-10-8-17(9-11-24)23-20(25)16-6-7-18-19(13-16)22-15(3)14(2)21-18/h6-7,13,17H,4-5,8-12H2,1-3H3,(H,23,25). The first-order chi connectivity index (χ1) is 13.3. The summed E-state index contributed by atoms with van der Waals surface area (Å²) in [6.07, 6.45) is 2.80. The summed E-state index contributed by atoms with van der Waals surface area (Å²) < 4.78 is 26.2. The number of fused-ring (bicyclic) bond motifs is 1. The molecular formula is C20H28N4O3S. The summed E-state index contributed by atoms with van der Waals surface area (Å²) >= 11 is 0. The molecule has 1 fully saturated rings. The zero-order valence-electron chi connectivity index (χ0n) is 16.7. The number of aromatic nitrogens is 2. The highest BCUT2D eigenvalue weighted by atomic mass is 32.2. The Bertz CT molecular complexity index is 967. The third-order valence-corrected chi connectivity index (χ3v) is 7.23. The summed E-state index contributed by atoms with van der Waals surface area (Å²) in [4.78, 5) is 21.6. The molecule has 1 aromatic carbocycles. The lowest BCUT2D eigenvalue weighted by molar-refractivity contribution is 0.0924. The van der Waals surface area contributed by atoms with Crippen molar-refractivity contribution in [3.63, 3.8) is 0 Å². The second kappa shape index (κ2) is 8.53. The summed E-state index contributed by atoms with van der Waals surface area (Å²) in [6.45, 7) is 6.71. The van der Waals surface area contributed by atoms with Crippen LogP contribution in [-0.2, 0) is 10.0 Å². The number of unbranched alkanes of at least 4 members (excludes halogenated alkanes) is 1. The summed E-state index contributed by atoms with van der Waals surface area (Å²) in [6, 6.07) is 5.30. The van der Waals surface area contributed by atoms with Gasteiger partial charge in [0.25, 0.3) is 5.91 Å². The van der Waals surface area contributed by atoms with Gasteiger partial charge in [0.05, 0.1) is 28.2 Å². The Morgan fingerprint density at radius 1 is 1.14 bits per heavy atom. The van der Waals surface area contributed by atoms with Crippen molar-refractivity contribution in [1.82, 2.24) is 19.6 Å². The zero-order chi connectivity index (χ0) is 20.3. The third kappa shape index (κ3) is 4.67. The van der Waals surface area contributed by atoms with E-state index in [-0.39, 0.29) is 17.7 Å². The fourth-order valence-electron chi connectivity index (χ4n) is 3.37. The van der Waals surface area contributed by atoms with Gasteiger partial charge in [-0.15, -0.1) is 0 Å². The number of nitrogens with zero attached hydrogens (tertiary/aromatic N) is 3. The molecule has 7 nitrogen and oxygen atoms in total. The molecule has 2 heterocycles. The summed E-state index contributed by atoms with van der Waals surface area (Å²) in [7, 11) is -3.18. The molecule has 2 aromatic rings. The maximum Gasteiger partial charge on any atom is 0.251 e. The fraction of sp³-hybridized carbons (Fsp3) is 0.550. The minimum Gasteiger partial charge on any atom is -0.349 e. The van der Waals surface area contributed by atoms with Gasteiger partial charge in [0.15, 0.2) is 0 Å². The lowest BCUT2D eigenvalue weighted by atomic mass is 10.1. The molecule has 1 aliphatic rings. The van der Waals surface area contributed by atoms with E-state index >= 15 is 0 Å². The summed E-state index contributed by atoms with van der Waals surface area (Å²) in [5.41, 5.74) is 3.74. The normalized spacial score (nSPS) is 16.4. The molecule has 0 radical (unpaired) electrons. The number of carbonyl (C=O) groups excluding carboxylic acids is 1. The molecule has 0 spiro atoms. The van der Waals surface area contributed by atoms with Gasteiger partial charge in [0, 0.05) is 24.7 Å². The molecule has 1 saturated heterocycles. The van der Waals surface area contributed by atoms with Crippen molar-refractivity contribution in [2.75, 3.05) is 18.8 Å². The molecule has 1 aromatic heterocycles. The molecular weight excluding hydrogens is 376 g/mol. The SMILES string of the molecule is CCCCS(=O)(=O)N1CCC(NC(=O)c2ccc3nc(C)c(C)nc3c2)CC1. The predicted molar refractivity (Wildman–Crippen MR) is 110 cm³/mol. The van der Waals surface area contributed by atoms with E-state index in [1.807, 2.05) is 26.8 Å². The Labute approximate surface area is 166 Å². The molecule has 152 valence electrons. The van der Waals surface area contributed by atoms with E-state index in [9.17, 15) is 13.2 Å². The fourth-order valence-corrected chi connectivity index (χ4v) is 5.05. The van der Waals surface area contributed by atoms with Crippen LogP contribution >= 0.6 is 0 Å². The second-order valence-electron chi connectivity index (χ2n) is 7.41. The van der Waals surface area contributed by atoms with E-state index in [0.29, 0.717) is 43.4 Å². The molecule has 0 atom stereocenters. The predicted octanol–water partition coefficient (Wildman–Crippen LogP) is 2.57. The van der Waals surface area contributed by atoms with E-state index in [1.54, 1.807) is 16.4 Å². The second-order valence-corrected chi connectivity index (χ2v) is 9.50. The molecule has 0 bridgehead atoms. The van der Waals surface area contributed by atoms with Crippen LogP contribution in [0.5, 0.6) is 0 Å². The van der Waals surface area contributed by atoms with Crippen LogP contribution in [0.1, 0.15) is 54.4 Å². The Morgan fingerprint density at radius 2 is 1.79 bits per heavy atom. The van der Waals surface area contributed by atoms with Crippen molar-refractivity contribution in [3.8, 4) is 0 Å². The third-order valence-electron chi connectivity index (χ3n) is 5.28. The molecule has 0 saturated carbocycles. The number of hydrogen-bond acceptors (Lipinski definition) is 5. The molecule has 0 aliphatic carbocycles. The summed E-state index contributed by atoms with van der Waals surface area (Å²) in [5, 5.41) is 3.03. The van der Waals surface area contributed by atoms with E-state index in [0.717, 1.165) is 23.3 Å². The van der Waals surface area contributed by atoms with Crippen LogP contribution in [0.4, 0.5) is 0 Å². The Kier molecular flexibility index (Phi) is 6.30. The highest BCUT2D eigenvalue weighted by molar-refractivity contribution is 7.89. The van der Waals surface area contributed by atoms with Crippen LogP contribution in [0, 0.1) is 13.8 Å². The smallest absolute Gasteiger partial charge is 0.251 e. The molecule has 28 heavy (non-hydrogen) atoms. The topological polar surface area (TPSA) is 92.3 Å². The highest BCUT2D eigenvalue weighted by Gasteiger charge is 2.28. The lowest BCUT2D eigenvalue weighted by Gasteiger charge is -2.31. The van der Waals surface area contributed by atoms with Gasteiger partial charge >= 0.3 is 0 Å². The Hall–Kier alpha value is -2.06. The van der Waals surface area contributed by atoms with E-state index in [1.165, 1.54) is 0 Å². The first-order valence-corrected chi connectivity index (χ1v) is 11.4. The van der Waals surface area contributed by atoms with Crippen LogP contribution < -0.4 is 5.32 Å². The van der Waals surface area contributed by atoms with Gasteiger partial charge in [-0.05, 0) is 51.3 Å². The van der Waals surface area contributed by atoms with Gasteiger partial charge in [-0.2, -0.15) is 0 Å². The van der Waals surface area contributed by atoms with Crippen LogP contribution in [-0.4, -0.2) is 53.5 Å². The van der Waals surface area contributed by atoms with Crippen LogP contribution in [0.2, 0.25) is 0 Å². The first kappa shape index (κ1) is 20.7. The molecule has 1 amide bonds. The number of amides is 1. The van der Waals surface area contributed by atoms with E-state index in [2.05, 4.69) is 15.3 Å². The van der Waals surface area contributed by atoms with Gasteiger partial charge < -0.3 is 5.32 Å². The molecule has 1 N–H and O–H groups in total. The average Bonchev–Trinajstić information content (AvgIpc) is 2.67. The maximum absolute atomic E-state index is 12.6. The Balaban J connectivity index is 1.61. The molecule has 1 aliphatic heterocycles. The number of piperidine rings is 1. The van der Waals surface area contributed by atoms with Gasteiger partial charge in [0.2, 0.25) is 10.0 Å². The average molecular weight is 405 g/mol. The van der Waals surface area contributed by atoms with Crippen molar-refractivity contribution in [3.05, 3.63) is 35.2 Å².